The first kappa shape index (κ1) is 15.0. The summed E-state index contributed by atoms with van der Waals surface area (Å²) in [5.41, 5.74) is 0.583. The van der Waals surface area contributed by atoms with Gasteiger partial charge in [0.25, 0.3) is 5.91 Å². The third-order valence-electron chi connectivity index (χ3n) is 4.94. The monoisotopic (exact) mass is 354 g/mol. The number of nitrogens with zero attached hydrogens (tertiary/aromatic N) is 1. The average molecular weight is 355 g/mol. The molecule has 114 valence electrons. The minimum atomic E-state index is -0.448. The van der Waals surface area contributed by atoms with Gasteiger partial charge in [-0.05, 0) is 62.4 Å². The molecule has 0 bridgehead atoms. The highest BCUT2D eigenvalue weighted by Crippen LogP contribution is 2.39. The molecule has 0 aromatic heterocycles. The summed E-state index contributed by atoms with van der Waals surface area (Å²) in [4.78, 5) is 14.3. The first-order valence-corrected chi connectivity index (χ1v) is 8.34. The summed E-state index contributed by atoms with van der Waals surface area (Å²) >= 11 is 3.22. The van der Waals surface area contributed by atoms with Crippen LogP contribution in [0.2, 0.25) is 0 Å². The fraction of sp³-hybridized carbons (Fsp3) is 0.562. The van der Waals surface area contributed by atoms with Crippen LogP contribution in [-0.2, 0) is 0 Å². The number of carbonyl (C=O) groups excluding carboxylic acids is 1. The second-order valence-corrected chi connectivity index (χ2v) is 7.08. The molecule has 21 heavy (non-hydrogen) atoms. The van der Waals surface area contributed by atoms with Crippen molar-refractivity contribution in [2.24, 2.45) is 5.41 Å². The van der Waals surface area contributed by atoms with E-state index in [1.54, 1.807) is 17.0 Å². The number of likely N-dealkylation sites (tertiary alicyclic amines) is 1. The fourth-order valence-electron chi connectivity index (χ4n) is 3.47. The smallest absolute Gasteiger partial charge is 0.256 e. The minimum absolute atomic E-state index is 0.177. The van der Waals surface area contributed by atoms with Crippen molar-refractivity contribution in [3.63, 3.8) is 0 Å². The number of carbonyl (C=O) groups is 1. The molecular weight excluding hydrogens is 335 g/mol. The molecule has 1 spiro atoms. The van der Waals surface area contributed by atoms with Crippen molar-refractivity contribution < 1.29 is 9.18 Å². The number of benzene rings is 1. The third-order valence-corrected chi connectivity index (χ3v) is 5.43. The zero-order valence-corrected chi connectivity index (χ0v) is 13.6. The highest BCUT2D eigenvalue weighted by molar-refractivity contribution is 9.10. The summed E-state index contributed by atoms with van der Waals surface area (Å²) in [5.74, 6) is -0.625. The lowest BCUT2D eigenvalue weighted by molar-refractivity contribution is 0.0492. The van der Waals surface area contributed by atoms with Gasteiger partial charge in [0, 0.05) is 17.6 Å². The number of hydrogen-bond donors (Lipinski definition) is 1. The van der Waals surface area contributed by atoms with Crippen LogP contribution in [-0.4, -0.2) is 37.0 Å². The molecule has 3 nitrogen and oxygen atoms in total. The van der Waals surface area contributed by atoms with Gasteiger partial charge in [-0.15, -0.1) is 0 Å². The molecule has 3 rings (SSSR count). The average Bonchev–Trinajstić information content (AvgIpc) is 2.48. The quantitative estimate of drug-likeness (QED) is 0.839. The van der Waals surface area contributed by atoms with Crippen molar-refractivity contribution in [3.8, 4) is 0 Å². The van der Waals surface area contributed by atoms with E-state index >= 15 is 0 Å². The van der Waals surface area contributed by atoms with E-state index in [2.05, 4.69) is 21.2 Å². The van der Waals surface area contributed by atoms with Gasteiger partial charge in [0.2, 0.25) is 0 Å². The van der Waals surface area contributed by atoms with Gasteiger partial charge >= 0.3 is 0 Å². The van der Waals surface area contributed by atoms with Gasteiger partial charge in [0.05, 0.1) is 5.56 Å². The highest BCUT2D eigenvalue weighted by atomic mass is 79.9. The topological polar surface area (TPSA) is 32.3 Å². The summed E-state index contributed by atoms with van der Waals surface area (Å²) in [5, 5.41) is 3.39. The molecule has 1 aromatic rings. The summed E-state index contributed by atoms with van der Waals surface area (Å²) in [6.45, 7) is 3.65. The molecule has 2 aliphatic heterocycles. The van der Waals surface area contributed by atoms with Crippen molar-refractivity contribution in [2.75, 3.05) is 26.2 Å². The van der Waals surface area contributed by atoms with Gasteiger partial charge < -0.3 is 10.2 Å². The van der Waals surface area contributed by atoms with E-state index in [0.717, 1.165) is 39.0 Å². The molecule has 1 N–H and O–H groups in total. The fourth-order valence-corrected chi connectivity index (χ4v) is 3.81. The Morgan fingerprint density at radius 3 is 2.48 bits per heavy atom. The number of nitrogens with one attached hydrogen (secondary N) is 1. The van der Waals surface area contributed by atoms with E-state index < -0.39 is 5.82 Å². The second kappa shape index (κ2) is 6.05. The lowest BCUT2D eigenvalue weighted by atomic mass is 9.71. The molecule has 0 unspecified atom stereocenters. The molecule has 1 aromatic carbocycles. The number of amides is 1. The van der Waals surface area contributed by atoms with Crippen LogP contribution < -0.4 is 5.32 Å². The van der Waals surface area contributed by atoms with Gasteiger partial charge in [0.15, 0.2) is 0 Å². The number of halogens is 2. The van der Waals surface area contributed by atoms with Crippen LogP contribution in [0.3, 0.4) is 0 Å². The Bertz CT molecular complexity index is 533. The molecule has 2 heterocycles. The van der Waals surface area contributed by atoms with Crippen LogP contribution >= 0.6 is 15.9 Å². The Kier molecular flexibility index (Phi) is 4.31. The zero-order chi connectivity index (χ0) is 14.9. The first-order valence-electron chi connectivity index (χ1n) is 7.55. The molecule has 5 heteroatoms. The van der Waals surface area contributed by atoms with Crippen LogP contribution in [0.5, 0.6) is 0 Å². The molecule has 0 aliphatic carbocycles. The van der Waals surface area contributed by atoms with Gasteiger partial charge in [-0.2, -0.15) is 0 Å². The van der Waals surface area contributed by atoms with Gasteiger partial charge in [0.1, 0.15) is 5.82 Å². The summed E-state index contributed by atoms with van der Waals surface area (Å²) < 4.78 is 14.6. The molecule has 0 atom stereocenters. The van der Waals surface area contributed by atoms with Crippen LogP contribution in [0.25, 0.3) is 0 Å². The van der Waals surface area contributed by atoms with E-state index in [0.29, 0.717) is 9.89 Å². The van der Waals surface area contributed by atoms with Crippen LogP contribution in [0.15, 0.2) is 22.7 Å². The van der Waals surface area contributed by atoms with Crippen molar-refractivity contribution in [1.82, 2.24) is 10.2 Å². The maximum atomic E-state index is 13.9. The maximum absolute atomic E-state index is 13.9. The molecule has 2 fully saturated rings. The SMILES string of the molecule is O=C(c1ccc(Br)cc1F)N1CCC2(CCNCC2)CC1. The Labute approximate surface area is 133 Å². The number of piperidine rings is 2. The van der Waals surface area contributed by atoms with E-state index in [1.807, 2.05) is 0 Å². The van der Waals surface area contributed by atoms with Crippen molar-refractivity contribution in [1.29, 1.82) is 0 Å². The second-order valence-electron chi connectivity index (χ2n) is 6.17. The van der Waals surface area contributed by atoms with E-state index in [4.69, 9.17) is 0 Å². The van der Waals surface area contributed by atoms with Crippen molar-refractivity contribution in [2.45, 2.75) is 25.7 Å². The van der Waals surface area contributed by atoms with Gasteiger partial charge in [-0.1, -0.05) is 15.9 Å². The van der Waals surface area contributed by atoms with Crippen molar-refractivity contribution >= 4 is 21.8 Å². The molecule has 1 amide bonds. The van der Waals surface area contributed by atoms with E-state index in [-0.39, 0.29) is 11.5 Å². The summed E-state index contributed by atoms with van der Waals surface area (Å²) in [7, 11) is 0. The highest BCUT2D eigenvalue weighted by Gasteiger charge is 2.37. The minimum Gasteiger partial charge on any atom is -0.339 e. The Hall–Kier alpha value is -0.940. The summed E-state index contributed by atoms with van der Waals surface area (Å²) in [6.07, 6.45) is 4.47. The Balaban J connectivity index is 1.67. The van der Waals surface area contributed by atoms with Crippen molar-refractivity contribution in [3.05, 3.63) is 34.1 Å². The molecule has 2 saturated heterocycles. The Morgan fingerprint density at radius 1 is 1.19 bits per heavy atom. The molecule has 0 saturated carbocycles. The lowest BCUT2D eigenvalue weighted by Crippen LogP contribution is -2.47. The maximum Gasteiger partial charge on any atom is 0.256 e. The standard InChI is InChI=1S/C16H20BrFN2O/c17-12-1-2-13(14(18)11-12)15(21)20-9-5-16(6-10-20)3-7-19-8-4-16/h1-2,11,19H,3-10H2. The molecule has 0 radical (unpaired) electrons. The molecular formula is C16H20BrFN2O. The summed E-state index contributed by atoms with van der Waals surface area (Å²) in [6, 6.07) is 4.64. The van der Waals surface area contributed by atoms with E-state index in [1.165, 1.54) is 18.9 Å². The number of hydrogen-bond acceptors (Lipinski definition) is 2. The number of rotatable bonds is 1. The zero-order valence-electron chi connectivity index (χ0n) is 12.0. The molecule has 2 aliphatic rings. The predicted octanol–water partition coefficient (Wildman–Crippen LogP) is 3.19. The van der Waals surface area contributed by atoms with Crippen LogP contribution in [0.4, 0.5) is 4.39 Å². The van der Waals surface area contributed by atoms with Crippen LogP contribution in [0.1, 0.15) is 36.0 Å². The largest absolute Gasteiger partial charge is 0.339 e. The Morgan fingerprint density at radius 2 is 1.86 bits per heavy atom. The van der Waals surface area contributed by atoms with Crippen LogP contribution in [0, 0.1) is 11.2 Å². The van der Waals surface area contributed by atoms with E-state index in [9.17, 15) is 9.18 Å². The third kappa shape index (κ3) is 3.14. The van der Waals surface area contributed by atoms with Gasteiger partial charge in [-0.25, -0.2) is 4.39 Å². The normalized spacial score (nSPS) is 21.5. The van der Waals surface area contributed by atoms with Gasteiger partial charge in [-0.3, -0.25) is 4.79 Å². The lowest BCUT2D eigenvalue weighted by Gasteiger charge is -2.44. The predicted molar refractivity (Wildman–Crippen MR) is 83.8 cm³/mol. The first-order chi connectivity index (χ1) is 10.1.